The SMILES string of the molecule is Cc1c([C@H]2[C@H](c3ccccn3)NC(=S)N2CC(C)C)c(C)n(-c2cccc(Cl)c2)c1C. The summed E-state index contributed by atoms with van der Waals surface area (Å²) in [7, 11) is 0. The lowest BCUT2D eigenvalue weighted by atomic mass is 9.93. The van der Waals surface area contributed by atoms with E-state index in [1.807, 2.05) is 36.5 Å². The molecule has 162 valence electrons. The summed E-state index contributed by atoms with van der Waals surface area (Å²) in [6.45, 7) is 11.9. The van der Waals surface area contributed by atoms with E-state index in [9.17, 15) is 0 Å². The fraction of sp³-hybridized carbons (Fsp3) is 0.360. The summed E-state index contributed by atoms with van der Waals surface area (Å²) in [5.41, 5.74) is 7.10. The quantitative estimate of drug-likeness (QED) is 0.475. The van der Waals surface area contributed by atoms with Crippen LogP contribution in [-0.2, 0) is 0 Å². The molecule has 0 saturated carbocycles. The zero-order valence-corrected chi connectivity index (χ0v) is 20.3. The van der Waals surface area contributed by atoms with Gasteiger partial charge in [0.15, 0.2) is 5.11 Å². The van der Waals surface area contributed by atoms with Crippen molar-refractivity contribution in [1.82, 2.24) is 19.8 Å². The first-order valence-electron chi connectivity index (χ1n) is 10.7. The number of hydrogen-bond donors (Lipinski definition) is 1. The number of thiocarbonyl (C=S) groups is 1. The molecular weight excluding hydrogens is 424 g/mol. The first-order valence-corrected chi connectivity index (χ1v) is 11.5. The van der Waals surface area contributed by atoms with Gasteiger partial charge in [0.2, 0.25) is 0 Å². The molecule has 3 aromatic rings. The van der Waals surface area contributed by atoms with E-state index in [2.05, 4.69) is 66.5 Å². The molecule has 0 aliphatic carbocycles. The Morgan fingerprint density at radius 2 is 1.87 bits per heavy atom. The molecule has 0 spiro atoms. The Morgan fingerprint density at radius 1 is 1.10 bits per heavy atom. The van der Waals surface area contributed by atoms with E-state index in [0.29, 0.717) is 5.92 Å². The minimum absolute atomic E-state index is 0.000499. The molecule has 2 aromatic heterocycles. The first-order chi connectivity index (χ1) is 14.8. The van der Waals surface area contributed by atoms with Crippen molar-refractivity contribution < 1.29 is 0 Å². The van der Waals surface area contributed by atoms with Crippen LogP contribution in [0, 0.1) is 26.7 Å². The van der Waals surface area contributed by atoms with Crippen molar-refractivity contribution >= 4 is 28.9 Å². The fourth-order valence-corrected chi connectivity index (χ4v) is 5.25. The molecule has 1 aliphatic heterocycles. The van der Waals surface area contributed by atoms with Gasteiger partial charge in [-0.05, 0) is 74.8 Å². The van der Waals surface area contributed by atoms with Crippen molar-refractivity contribution in [2.75, 3.05) is 6.54 Å². The number of halogens is 1. The lowest BCUT2D eigenvalue weighted by molar-refractivity contribution is 0.286. The van der Waals surface area contributed by atoms with E-state index in [1.165, 1.54) is 22.5 Å². The van der Waals surface area contributed by atoms with E-state index >= 15 is 0 Å². The Morgan fingerprint density at radius 3 is 2.52 bits per heavy atom. The summed E-state index contributed by atoms with van der Waals surface area (Å²) >= 11 is 12.1. The molecule has 4 nitrogen and oxygen atoms in total. The molecule has 0 unspecified atom stereocenters. The lowest BCUT2D eigenvalue weighted by Crippen LogP contribution is -2.33. The summed E-state index contributed by atoms with van der Waals surface area (Å²) < 4.78 is 2.31. The Kier molecular flexibility index (Phi) is 6.09. The van der Waals surface area contributed by atoms with Gasteiger partial charge in [0.1, 0.15) is 0 Å². The van der Waals surface area contributed by atoms with E-state index in [-0.39, 0.29) is 12.1 Å². The third-order valence-electron chi connectivity index (χ3n) is 6.13. The number of aromatic nitrogens is 2. The van der Waals surface area contributed by atoms with Crippen LogP contribution in [0.15, 0.2) is 48.7 Å². The number of hydrogen-bond acceptors (Lipinski definition) is 2. The molecule has 6 heteroatoms. The van der Waals surface area contributed by atoms with Crippen LogP contribution >= 0.6 is 23.8 Å². The molecule has 3 heterocycles. The average molecular weight is 453 g/mol. The first kappa shape index (κ1) is 21.8. The molecule has 1 aliphatic rings. The van der Waals surface area contributed by atoms with Crippen molar-refractivity contribution in [2.45, 2.75) is 46.7 Å². The molecule has 0 bridgehead atoms. The fourth-order valence-electron chi connectivity index (χ4n) is 4.75. The second kappa shape index (κ2) is 8.64. The van der Waals surface area contributed by atoms with Crippen molar-refractivity contribution in [3.63, 3.8) is 0 Å². The van der Waals surface area contributed by atoms with Crippen LogP contribution in [0.2, 0.25) is 5.02 Å². The maximum Gasteiger partial charge on any atom is 0.170 e. The third kappa shape index (κ3) is 3.97. The Balaban J connectivity index is 1.90. The molecule has 0 amide bonds. The average Bonchev–Trinajstić information content (AvgIpc) is 3.15. The van der Waals surface area contributed by atoms with Gasteiger partial charge >= 0.3 is 0 Å². The monoisotopic (exact) mass is 452 g/mol. The number of pyridine rings is 1. The summed E-state index contributed by atoms with van der Waals surface area (Å²) in [6, 6.07) is 14.2. The van der Waals surface area contributed by atoms with Gasteiger partial charge in [0, 0.05) is 40.4 Å². The molecule has 1 saturated heterocycles. The molecule has 31 heavy (non-hydrogen) atoms. The smallest absolute Gasteiger partial charge is 0.170 e. The van der Waals surface area contributed by atoms with Gasteiger partial charge in [0.05, 0.1) is 17.8 Å². The van der Waals surface area contributed by atoms with Crippen LogP contribution in [-0.4, -0.2) is 26.1 Å². The number of rotatable bonds is 5. The van der Waals surface area contributed by atoms with E-state index < -0.39 is 0 Å². The topological polar surface area (TPSA) is 33.1 Å². The molecule has 0 radical (unpaired) electrons. The standard InChI is InChI=1S/C25H29ClN4S/c1-15(2)14-29-24(23(28-25(29)31)21-11-6-7-12-27-21)22-16(3)17(4)30(18(22)5)20-10-8-9-19(26)13-20/h6-13,15,23-24H,14H2,1-5H3,(H,28,31)/t23-,24-/m0/s1. The Hall–Kier alpha value is -2.37. The number of nitrogens with zero attached hydrogens (tertiary/aromatic N) is 3. The number of nitrogens with one attached hydrogen (secondary N) is 1. The third-order valence-corrected chi connectivity index (χ3v) is 6.72. The second-order valence-corrected chi connectivity index (χ2v) is 9.52. The minimum atomic E-state index is -0.000499. The van der Waals surface area contributed by atoms with Crippen molar-refractivity contribution in [3.05, 3.63) is 81.9 Å². The maximum absolute atomic E-state index is 6.32. The molecule has 4 rings (SSSR count). The van der Waals surface area contributed by atoms with Gasteiger partial charge in [-0.1, -0.05) is 37.6 Å². The largest absolute Gasteiger partial charge is 0.352 e. The second-order valence-electron chi connectivity index (χ2n) is 8.70. The predicted molar refractivity (Wildman–Crippen MR) is 132 cm³/mol. The zero-order valence-electron chi connectivity index (χ0n) is 18.7. The van der Waals surface area contributed by atoms with Gasteiger partial charge in [-0.15, -0.1) is 0 Å². The zero-order chi connectivity index (χ0) is 22.3. The molecule has 1 aromatic carbocycles. The van der Waals surface area contributed by atoms with Gasteiger partial charge in [0.25, 0.3) is 0 Å². The highest BCUT2D eigenvalue weighted by atomic mass is 35.5. The Bertz CT molecular complexity index is 1110. The summed E-state index contributed by atoms with van der Waals surface area (Å²) in [5, 5.41) is 5.10. The normalized spacial score (nSPS) is 18.7. The summed E-state index contributed by atoms with van der Waals surface area (Å²) in [5.74, 6) is 0.487. The summed E-state index contributed by atoms with van der Waals surface area (Å²) in [4.78, 5) is 7.01. The molecule has 1 N–H and O–H groups in total. The van der Waals surface area contributed by atoms with Crippen LogP contribution in [0.4, 0.5) is 0 Å². The van der Waals surface area contributed by atoms with Gasteiger partial charge in [-0.2, -0.15) is 0 Å². The van der Waals surface area contributed by atoms with Gasteiger partial charge in [-0.3, -0.25) is 4.98 Å². The molecule has 1 fully saturated rings. The van der Waals surface area contributed by atoms with Crippen molar-refractivity contribution in [2.24, 2.45) is 5.92 Å². The van der Waals surface area contributed by atoms with Crippen LogP contribution in [0.5, 0.6) is 0 Å². The highest BCUT2D eigenvalue weighted by Crippen LogP contribution is 2.43. The van der Waals surface area contributed by atoms with Crippen molar-refractivity contribution in [3.8, 4) is 5.69 Å². The Labute approximate surface area is 195 Å². The van der Waals surface area contributed by atoms with Gasteiger partial charge in [-0.25, -0.2) is 0 Å². The van der Waals surface area contributed by atoms with Crippen LogP contribution in [0.25, 0.3) is 5.69 Å². The highest BCUT2D eigenvalue weighted by molar-refractivity contribution is 7.80. The predicted octanol–water partition coefficient (Wildman–Crippen LogP) is 6.08. The minimum Gasteiger partial charge on any atom is -0.352 e. The number of benzene rings is 1. The van der Waals surface area contributed by atoms with Gasteiger partial charge < -0.3 is 14.8 Å². The van der Waals surface area contributed by atoms with Crippen LogP contribution in [0.1, 0.15) is 54.1 Å². The lowest BCUT2D eigenvalue weighted by Gasteiger charge is -2.30. The highest BCUT2D eigenvalue weighted by Gasteiger charge is 2.42. The van der Waals surface area contributed by atoms with E-state index in [1.54, 1.807) is 0 Å². The van der Waals surface area contributed by atoms with Crippen LogP contribution in [0.3, 0.4) is 0 Å². The van der Waals surface area contributed by atoms with E-state index in [4.69, 9.17) is 23.8 Å². The van der Waals surface area contributed by atoms with Crippen LogP contribution < -0.4 is 5.32 Å². The molecular formula is C25H29ClN4S. The van der Waals surface area contributed by atoms with Crippen molar-refractivity contribution in [1.29, 1.82) is 0 Å². The van der Waals surface area contributed by atoms with E-state index in [0.717, 1.165) is 28.1 Å². The maximum atomic E-state index is 6.32. The molecule has 2 atom stereocenters. The summed E-state index contributed by atoms with van der Waals surface area (Å²) in [6.07, 6.45) is 1.85.